The minimum atomic E-state index is -0.773. The van der Waals surface area contributed by atoms with Crippen LogP contribution in [0.15, 0.2) is 73.2 Å². The summed E-state index contributed by atoms with van der Waals surface area (Å²) in [4.78, 5) is 19.2. The fourth-order valence-electron chi connectivity index (χ4n) is 3.57. The molecule has 10 heteroatoms. The van der Waals surface area contributed by atoms with Gasteiger partial charge < -0.3 is 19.9 Å². The Balaban J connectivity index is 1.32. The van der Waals surface area contributed by atoms with E-state index < -0.39 is 6.09 Å². The van der Waals surface area contributed by atoms with Crippen LogP contribution in [0.5, 0.6) is 11.5 Å². The van der Waals surface area contributed by atoms with Crippen LogP contribution in [0.4, 0.5) is 4.79 Å². The Morgan fingerprint density at radius 1 is 0.917 bits per heavy atom. The van der Waals surface area contributed by atoms with Crippen molar-refractivity contribution in [2.75, 3.05) is 13.2 Å². The molecule has 2 heterocycles. The normalized spacial score (nSPS) is 11.2. The first-order valence-electron chi connectivity index (χ1n) is 11.5. The van der Waals surface area contributed by atoms with Gasteiger partial charge in [-0.25, -0.2) is 14.8 Å². The first-order valence-corrected chi connectivity index (χ1v) is 11.5. The number of nitrogens with zero attached hydrogens (tertiary/aromatic N) is 5. The quantitative estimate of drug-likeness (QED) is 0.316. The van der Waals surface area contributed by atoms with Gasteiger partial charge in [-0.3, -0.25) is 0 Å². The molecule has 0 fully saturated rings. The molecule has 2 N–H and O–H groups in total. The molecule has 0 saturated heterocycles. The van der Waals surface area contributed by atoms with Gasteiger partial charge in [-0.05, 0) is 41.5 Å². The highest BCUT2D eigenvalue weighted by Gasteiger charge is 2.23. The Labute approximate surface area is 209 Å². The van der Waals surface area contributed by atoms with Crippen molar-refractivity contribution in [3.05, 3.63) is 90.0 Å². The Morgan fingerprint density at radius 3 is 2.19 bits per heavy atom. The van der Waals surface area contributed by atoms with Gasteiger partial charge in [0.25, 0.3) is 5.95 Å². The lowest BCUT2D eigenvalue weighted by Gasteiger charge is -2.26. The largest absolute Gasteiger partial charge is 0.493 e. The predicted molar refractivity (Wildman–Crippen MR) is 132 cm³/mol. The number of primary amides is 1. The van der Waals surface area contributed by atoms with Gasteiger partial charge in [0.1, 0.15) is 18.1 Å². The Hall–Kier alpha value is -4.47. The molecule has 0 unspecified atom stereocenters. The second-order valence-electron chi connectivity index (χ2n) is 8.53. The smallest absolute Gasteiger partial charge is 0.404 e. The highest BCUT2D eigenvalue weighted by Crippen LogP contribution is 2.33. The molecule has 0 bridgehead atoms. The summed E-state index contributed by atoms with van der Waals surface area (Å²) in [5, 5.41) is 7.69. The number of hydrogen-bond donors (Lipinski definition) is 1. The van der Waals surface area contributed by atoms with Gasteiger partial charge >= 0.3 is 6.09 Å². The van der Waals surface area contributed by atoms with Crippen molar-refractivity contribution in [1.29, 1.82) is 0 Å². The van der Waals surface area contributed by atoms with Gasteiger partial charge in [0.15, 0.2) is 0 Å². The van der Waals surface area contributed by atoms with Crippen LogP contribution in [0.25, 0.3) is 5.95 Å². The average Bonchev–Trinajstić information content (AvgIpc) is 3.43. The molecule has 2 aromatic carbocycles. The van der Waals surface area contributed by atoms with Crippen molar-refractivity contribution in [1.82, 2.24) is 25.0 Å². The van der Waals surface area contributed by atoms with Crippen molar-refractivity contribution in [3.8, 4) is 17.4 Å². The molecule has 0 aliphatic rings. The lowest BCUT2D eigenvalue weighted by molar-refractivity contribution is 0.147. The maximum absolute atomic E-state index is 10.6. The van der Waals surface area contributed by atoms with Crippen LogP contribution < -0.4 is 15.2 Å². The van der Waals surface area contributed by atoms with Crippen LogP contribution in [0.3, 0.4) is 0 Å². The van der Waals surface area contributed by atoms with Crippen molar-refractivity contribution >= 4 is 6.09 Å². The number of ether oxygens (including phenoxy) is 3. The predicted octanol–water partition coefficient (Wildman–Crippen LogP) is 3.83. The van der Waals surface area contributed by atoms with E-state index in [1.165, 1.54) is 4.68 Å². The van der Waals surface area contributed by atoms with E-state index in [-0.39, 0.29) is 12.0 Å². The molecule has 0 saturated carbocycles. The summed E-state index contributed by atoms with van der Waals surface area (Å²) in [5.74, 6) is 1.95. The third kappa shape index (κ3) is 6.35. The van der Waals surface area contributed by atoms with Gasteiger partial charge in [-0.15, -0.1) is 5.10 Å². The number of aromatic nitrogens is 5. The summed E-state index contributed by atoms with van der Waals surface area (Å²) >= 11 is 0. The Kier molecular flexibility index (Phi) is 7.74. The molecule has 4 aromatic rings. The SMILES string of the molecule is CC(C)(c1ccc(OCCCOC(N)=O)cc1)c1ccc(OCc2ccnc(-n3ccnn3)n2)cc1. The zero-order valence-corrected chi connectivity index (χ0v) is 20.2. The van der Waals surface area contributed by atoms with Crippen LogP contribution in [0.1, 0.15) is 37.1 Å². The van der Waals surface area contributed by atoms with E-state index in [4.69, 9.17) is 19.9 Å². The fraction of sp³-hybridized carbons (Fsp3) is 0.269. The van der Waals surface area contributed by atoms with Crippen LogP contribution >= 0.6 is 0 Å². The fourth-order valence-corrected chi connectivity index (χ4v) is 3.57. The molecule has 36 heavy (non-hydrogen) atoms. The molecule has 2 aromatic heterocycles. The summed E-state index contributed by atoms with van der Waals surface area (Å²) in [6.45, 7) is 5.33. The van der Waals surface area contributed by atoms with Gasteiger partial charge in [-0.1, -0.05) is 43.3 Å². The van der Waals surface area contributed by atoms with Gasteiger partial charge in [0.2, 0.25) is 0 Å². The van der Waals surface area contributed by atoms with Gasteiger partial charge in [0.05, 0.1) is 31.3 Å². The number of rotatable bonds is 11. The third-order valence-corrected chi connectivity index (χ3v) is 5.67. The molecular weight excluding hydrogens is 460 g/mol. The molecule has 0 radical (unpaired) electrons. The number of carbonyl (C=O) groups is 1. The Bertz CT molecular complexity index is 1260. The van der Waals surface area contributed by atoms with Crippen molar-refractivity contribution in [2.24, 2.45) is 5.73 Å². The van der Waals surface area contributed by atoms with E-state index in [9.17, 15) is 4.79 Å². The number of carbonyl (C=O) groups excluding carboxylic acids is 1. The monoisotopic (exact) mass is 488 g/mol. The van der Waals surface area contributed by atoms with Crippen LogP contribution in [-0.4, -0.2) is 44.3 Å². The first kappa shape index (κ1) is 24.6. The van der Waals surface area contributed by atoms with Crippen LogP contribution in [0.2, 0.25) is 0 Å². The first-order chi connectivity index (χ1) is 17.4. The van der Waals surface area contributed by atoms with E-state index in [0.29, 0.717) is 25.6 Å². The Morgan fingerprint density at radius 2 is 1.58 bits per heavy atom. The molecule has 0 aliphatic heterocycles. The molecule has 10 nitrogen and oxygen atoms in total. The average molecular weight is 489 g/mol. The molecule has 0 atom stereocenters. The third-order valence-electron chi connectivity index (χ3n) is 5.67. The minimum absolute atomic E-state index is 0.217. The van der Waals surface area contributed by atoms with E-state index in [1.54, 1.807) is 24.7 Å². The molecule has 0 spiro atoms. The molecule has 186 valence electrons. The van der Waals surface area contributed by atoms with E-state index >= 15 is 0 Å². The second kappa shape index (κ2) is 11.3. The topological polar surface area (TPSA) is 127 Å². The maximum atomic E-state index is 10.6. The highest BCUT2D eigenvalue weighted by atomic mass is 16.5. The second-order valence-corrected chi connectivity index (χ2v) is 8.53. The number of benzene rings is 2. The molecule has 0 aliphatic carbocycles. The summed E-state index contributed by atoms with van der Waals surface area (Å²) in [6, 6.07) is 17.9. The number of hydrogen-bond acceptors (Lipinski definition) is 8. The van der Waals surface area contributed by atoms with Crippen LogP contribution in [-0.2, 0) is 16.8 Å². The van der Waals surface area contributed by atoms with Crippen molar-refractivity contribution in [3.63, 3.8) is 0 Å². The maximum Gasteiger partial charge on any atom is 0.404 e. The summed E-state index contributed by atoms with van der Waals surface area (Å²) in [6.07, 6.45) is 4.73. The molecule has 4 rings (SSSR count). The van der Waals surface area contributed by atoms with E-state index in [2.05, 4.69) is 58.4 Å². The summed E-state index contributed by atoms with van der Waals surface area (Å²) < 4.78 is 17.8. The van der Waals surface area contributed by atoms with Crippen molar-refractivity contribution in [2.45, 2.75) is 32.3 Å². The van der Waals surface area contributed by atoms with Crippen LogP contribution in [0, 0.1) is 0 Å². The van der Waals surface area contributed by atoms with E-state index in [1.807, 2.05) is 24.3 Å². The number of amides is 1. The molecular formula is C26H28N6O4. The van der Waals surface area contributed by atoms with E-state index in [0.717, 1.165) is 28.3 Å². The molecule has 1 amide bonds. The standard InChI is InChI=1S/C26H28N6O4/c1-26(2,19-4-8-22(9-5-19)34-16-3-17-35-24(27)33)20-6-10-23(11-7-20)36-18-21-12-13-28-25(30-21)32-15-14-29-31-32/h4-15H,3,16-18H2,1-2H3,(H2,27,33). The zero-order valence-electron chi connectivity index (χ0n) is 20.2. The number of nitrogens with two attached hydrogens (primary N) is 1. The summed E-state index contributed by atoms with van der Waals surface area (Å²) in [5.41, 5.74) is 7.77. The highest BCUT2D eigenvalue weighted by molar-refractivity contribution is 5.64. The van der Waals surface area contributed by atoms with Gasteiger partial charge in [0, 0.05) is 18.0 Å². The lowest BCUT2D eigenvalue weighted by Crippen LogP contribution is -2.18. The minimum Gasteiger partial charge on any atom is -0.493 e. The zero-order chi connectivity index (χ0) is 25.4. The lowest BCUT2D eigenvalue weighted by atomic mass is 9.78. The van der Waals surface area contributed by atoms with Crippen molar-refractivity contribution < 1.29 is 19.0 Å². The van der Waals surface area contributed by atoms with Gasteiger partial charge in [-0.2, -0.15) is 4.68 Å². The summed E-state index contributed by atoms with van der Waals surface area (Å²) in [7, 11) is 0.